The maximum atomic E-state index is 12.8. The fraction of sp³-hybridized carbons (Fsp3) is 0.217. The second-order valence-electron chi connectivity index (χ2n) is 20.5. The van der Waals surface area contributed by atoms with E-state index in [1.807, 2.05) is 0 Å². The van der Waals surface area contributed by atoms with E-state index in [-0.39, 0.29) is 104 Å². The van der Waals surface area contributed by atoms with Gasteiger partial charge >= 0.3 is 83.6 Å². The van der Waals surface area contributed by atoms with Crippen molar-refractivity contribution < 1.29 is 133 Å². The van der Waals surface area contributed by atoms with E-state index in [1.54, 1.807) is 13.8 Å². The summed E-state index contributed by atoms with van der Waals surface area (Å²) in [5.74, 6) is -12.3. The fourth-order valence-corrected chi connectivity index (χ4v) is 7.35. The summed E-state index contributed by atoms with van der Waals surface area (Å²) in [6, 6.07) is 30.8. The van der Waals surface area contributed by atoms with Crippen LogP contribution < -0.4 is 0 Å². The largest absolute Gasteiger partial charge is 0.462 e. The van der Waals surface area contributed by atoms with Crippen molar-refractivity contribution in [2.75, 3.05) is 60.4 Å². The minimum Gasteiger partial charge on any atom is -0.462 e. The van der Waals surface area contributed by atoms with Crippen molar-refractivity contribution in [2.45, 2.75) is 27.7 Å². The Balaban J connectivity index is 0.799. The average Bonchev–Trinajstić information content (AvgIpc) is 1.17. The molecule has 0 saturated heterocycles. The van der Waals surface area contributed by atoms with Crippen LogP contribution in [0.2, 0.25) is 0 Å². The second-order valence-corrected chi connectivity index (χ2v) is 20.5. The zero-order valence-electron chi connectivity index (χ0n) is 52.2. The SMILES string of the molecule is C=C(C)C(=O)OCOC(=O)c1ccc(C(=O)OCOC(=O)c2ccc(C(=O)OCOC(=O)c3ccc(C(=O)OCOC(=O)c4ccc(C(=O)OCC(C)COC(=O)c5ccc(C(=O)OCC(C)COC(=O)c6ccc(C(=O)OCOC(=O)C(=C)C)cc6)cc5)cc4)cc3)cc2)cc1. The molecule has 0 radical (unpaired) electrons. The molecule has 0 amide bonds. The van der Waals surface area contributed by atoms with Gasteiger partial charge < -0.3 is 66.3 Å². The zero-order valence-corrected chi connectivity index (χ0v) is 52.2. The Hall–Kier alpha value is -12.6. The molecule has 2 unspecified atom stereocenters. The van der Waals surface area contributed by atoms with Crippen molar-refractivity contribution >= 4 is 83.6 Å². The molecule has 0 saturated carbocycles. The van der Waals surface area contributed by atoms with E-state index >= 15 is 0 Å². The maximum Gasteiger partial charge on any atom is 0.340 e. The van der Waals surface area contributed by atoms with Gasteiger partial charge in [0.25, 0.3) is 0 Å². The Labute approximate surface area is 551 Å². The van der Waals surface area contributed by atoms with Crippen molar-refractivity contribution in [1.29, 1.82) is 0 Å². The molecule has 6 rings (SSSR count). The highest BCUT2D eigenvalue weighted by atomic mass is 16.7. The molecule has 28 heteroatoms. The van der Waals surface area contributed by atoms with Crippen LogP contribution in [0.25, 0.3) is 0 Å². The molecule has 0 aliphatic rings. The van der Waals surface area contributed by atoms with Crippen molar-refractivity contribution in [1.82, 2.24) is 0 Å². The molecule has 504 valence electrons. The summed E-state index contributed by atoms with van der Waals surface area (Å²) in [7, 11) is 0. The molecule has 6 aromatic carbocycles. The van der Waals surface area contributed by atoms with Crippen LogP contribution in [0.4, 0.5) is 0 Å². The minimum absolute atomic E-state index is 0.00267. The molecule has 0 N–H and O–H groups in total. The van der Waals surface area contributed by atoms with Crippen LogP contribution >= 0.6 is 0 Å². The normalized spacial score (nSPS) is 11.0. The van der Waals surface area contributed by atoms with Crippen molar-refractivity contribution in [3.05, 3.63) is 237 Å². The lowest BCUT2D eigenvalue weighted by Gasteiger charge is -2.14. The van der Waals surface area contributed by atoms with Crippen LogP contribution in [0.15, 0.2) is 170 Å². The molecule has 2 atom stereocenters. The molecule has 0 aliphatic carbocycles. The number of esters is 14. The molecule has 0 bridgehead atoms. The Morgan fingerprint density at radius 1 is 0.227 bits per heavy atom. The number of benzene rings is 6. The minimum atomic E-state index is -0.931. The van der Waals surface area contributed by atoms with E-state index in [0.29, 0.717) is 0 Å². The Morgan fingerprint density at radius 2 is 0.340 bits per heavy atom. The molecule has 0 spiro atoms. The van der Waals surface area contributed by atoms with E-state index in [9.17, 15) is 67.1 Å². The summed E-state index contributed by atoms with van der Waals surface area (Å²) in [6.07, 6.45) is 0. The third kappa shape index (κ3) is 23.5. The first kappa shape index (κ1) is 73.4. The van der Waals surface area contributed by atoms with E-state index < -0.39 is 129 Å². The van der Waals surface area contributed by atoms with Gasteiger partial charge in [0, 0.05) is 23.0 Å². The van der Waals surface area contributed by atoms with Crippen LogP contribution in [0.1, 0.15) is 152 Å². The summed E-state index contributed by atoms with van der Waals surface area (Å²) >= 11 is 0. The van der Waals surface area contributed by atoms with Gasteiger partial charge in [-0.2, -0.15) is 0 Å². The Kier molecular flexibility index (Phi) is 27.7. The first-order valence-corrected chi connectivity index (χ1v) is 28.7. The molecule has 28 nitrogen and oxygen atoms in total. The van der Waals surface area contributed by atoms with Gasteiger partial charge in [0.2, 0.25) is 34.0 Å². The maximum absolute atomic E-state index is 12.8. The van der Waals surface area contributed by atoms with Crippen LogP contribution in [0.5, 0.6) is 0 Å². The predicted molar refractivity (Wildman–Crippen MR) is 328 cm³/mol. The third-order valence-corrected chi connectivity index (χ3v) is 12.7. The van der Waals surface area contributed by atoms with Crippen molar-refractivity contribution in [3.8, 4) is 0 Å². The van der Waals surface area contributed by atoms with Crippen LogP contribution in [-0.2, 0) is 75.9 Å². The number of hydrogen-bond acceptors (Lipinski definition) is 28. The standard InChI is InChI=1S/C69H60O28/c1-40(2)56(70)88-35-90-62(76)48-15-11-46(12-16-48)60(74)86-33-42(5)31-84-58(72)44-7-9-45(10-8-44)59(73)85-32-43(6)34-87-61(75)47-13-17-49(18-14-47)64(78)92-37-93-66(80)52-23-25-53(26-24-52)68(82)96-39-97-69(83)55-29-27-54(28-30-55)67(81)95-38-94-65(79)51-21-19-50(20-22-51)63(77)91-36-89-57(71)41(3)4/h7-30,42-43H,1,3,31-39H2,2,4-6H3. The second kappa shape index (κ2) is 36.6. The highest BCUT2D eigenvalue weighted by Gasteiger charge is 2.21. The Bertz CT molecular complexity index is 3910. The Morgan fingerprint density at radius 3 is 0.464 bits per heavy atom. The van der Waals surface area contributed by atoms with Gasteiger partial charge in [-0.25, -0.2) is 67.1 Å². The monoisotopic (exact) mass is 1340 g/mol. The molecule has 0 aliphatic heterocycles. The predicted octanol–water partition coefficient (Wildman–Crippen LogP) is 8.37. The zero-order chi connectivity index (χ0) is 70.6. The van der Waals surface area contributed by atoms with E-state index in [0.717, 1.165) is 0 Å². The quantitative estimate of drug-likeness (QED) is 0.0165. The fourth-order valence-electron chi connectivity index (χ4n) is 7.35. The van der Waals surface area contributed by atoms with Gasteiger partial charge in [0.1, 0.15) is 0 Å². The number of rotatable bonds is 32. The van der Waals surface area contributed by atoms with E-state index in [1.165, 1.54) is 159 Å². The molecular formula is C69H60O28. The first-order chi connectivity index (χ1) is 46.4. The van der Waals surface area contributed by atoms with Crippen LogP contribution in [-0.4, -0.2) is 144 Å². The summed E-state index contributed by atoms with van der Waals surface area (Å²) in [6.45, 7) is 8.87. The van der Waals surface area contributed by atoms with Crippen molar-refractivity contribution in [2.24, 2.45) is 11.8 Å². The summed E-state index contributed by atoms with van der Waals surface area (Å²) in [5, 5.41) is 0. The lowest BCUT2D eigenvalue weighted by molar-refractivity contribution is -0.148. The van der Waals surface area contributed by atoms with Gasteiger partial charge in [-0.3, -0.25) is 0 Å². The van der Waals surface area contributed by atoms with Gasteiger partial charge in [-0.1, -0.05) is 27.0 Å². The molecule has 97 heavy (non-hydrogen) atoms. The molecular weight excluding hydrogens is 1280 g/mol. The lowest BCUT2D eigenvalue weighted by atomic mass is 10.1. The van der Waals surface area contributed by atoms with Crippen LogP contribution in [0.3, 0.4) is 0 Å². The number of ether oxygens (including phenoxy) is 14. The number of hydrogen-bond donors (Lipinski definition) is 0. The highest BCUT2D eigenvalue weighted by Crippen LogP contribution is 2.17. The van der Waals surface area contributed by atoms with Gasteiger partial charge in [0.15, 0.2) is 0 Å². The van der Waals surface area contributed by atoms with E-state index in [2.05, 4.69) is 13.2 Å². The lowest BCUT2D eigenvalue weighted by Crippen LogP contribution is -2.19. The summed E-state index contributed by atoms with van der Waals surface area (Å²) in [5.41, 5.74) is 0.719. The summed E-state index contributed by atoms with van der Waals surface area (Å²) < 4.78 is 70.4. The van der Waals surface area contributed by atoms with Gasteiger partial charge in [-0.05, 0) is 159 Å². The topological polar surface area (TPSA) is 368 Å². The molecule has 0 heterocycles. The third-order valence-electron chi connectivity index (χ3n) is 12.7. The average molecular weight is 1340 g/mol. The first-order valence-electron chi connectivity index (χ1n) is 28.7. The molecule has 0 aromatic heterocycles. The van der Waals surface area contributed by atoms with E-state index in [4.69, 9.17) is 66.3 Å². The smallest absolute Gasteiger partial charge is 0.340 e. The molecule has 6 aromatic rings. The van der Waals surface area contributed by atoms with Gasteiger partial charge in [0.05, 0.1) is 93.2 Å². The molecule has 0 fully saturated rings. The van der Waals surface area contributed by atoms with Crippen LogP contribution in [0, 0.1) is 11.8 Å². The van der Waals surface area contributed by atoms with Gasteiger partial charge in [-0.15, -0.1) is 0 Å². The van der Waals surface area contributed by atoms with Crippen molar-refractivity contribution in [3.63, 3.8) is 0 Å². The summed E-state index contributed by atoms with van der Waals surface area (Å²) in [4.78, 5) is 173. The highest BCUT2D eigenvalue weighted by molar-refractivity contribution is 5.98. The number of carbonyl (C=O) groups is 14. The number of carbonyl (C=O) groups excluding carboxylic acids is 14.